The van der Waals surface area contributed by atoms with Crippen molar-refractivity contribution in [2.45, 2.75) is 0 Å². The Morgan fingerprint density at radius 1 is 1.09 bits per heavy atom. The molecular weight excluding hydrogens is 433 g/mol. The van der Waals surface area contributed by atoms with E-state index in [1.165, 1.54) is 18.2 Å². The Bertz CT molecular complexity index is 1220. The first-order chi connectivity index (χ1) is 15.5. The van der Waals surface area contributed by atoms with Gasteiger partial charge < -0.3 is 14.6 Å². The summed E-state index contributed by atoms with van der Waals surface area (Å²) < 4.78 is 20.8. The van der Waals surface area contributed by atoms with Gasteiger partial charge in [-0.25, -0.2) is 4.39 Å². The van der Waals surface area contributed by atoms with Gasteiger partial charge >= 0.3 is 0 Å². The number of thioether (sulfide) groups is 1. The lowest BCUT2D eigenvalue weighted by Crippen LogP contribution is -2.36. The average Bonchev–Trinajstić information content (AvgIpc) is 3.35. The number of nitrogens with zero attached hydrogens (tertiary/aromatic N) is 2. The Morgan fingerprint density at radius 2 is 1.84 bits per heavy atom. The molecule has 0 atom stereocenters. The number of para-hydroxylation sites is 1. The topological polar surface area (TPSA) is 80.6 Å². The monoisotopic (exact) mass is 451 g/mol. The fourth-order valence-corrected chi connectivity index (χ4v) is 3.98. The molecule has 1 aromatic heterocycles. The van der Waals surface area contributed by atoms with Crippen molar-refractivity contribution < 1.29 is 23.5 Å². The molecule has 1 aliphatic rings. The second-order valence-electron chi connectivity index (χ2n) is 6.80. The number of ether oxygens (including phenoxy) is 1. The molecule has 7 nitrogen and oxygen atoms in total. The Labute approximate surface area is 187 Å². The number of hydrogen-bond acceptors (Lipinski definition) is 5. The molecule has 0 saturated carbocycles. The van der Waals surface area contributed by atoms with E-state index in [2.05, 4.69) is 5.32 Å². The molecule has 2 aromatic carbocycles. The van der Waals surface area contributed by atoms with Crippen molar-refractivity contribution in [2.75, 3.05) is 19.0 Å². The number of carbonyl (C=O) groups is 3. The minimum atomic E-state index is -0.666. The van der Waals surface area contributed by atoms with Crippen molar-refractivity contribution in [2.24, 2.45) is 0 Å². The summed E-state index contributed by atoms with van der Waals surface area (Å²) in [5, 5.41) is 1.81. The van der Waals surface area contributed by atoms with Crippen LogP contribution in [0, 0.1) is 5.82 Å². The number of amides is 3. The zero-order valence-corrected chi connectivity index (χ0v) is 17.8. The first-order valence-electron chi connectivity index (χ1n) is 9.58. The highest BCUT2D eigenvalue weighted by molar-refractivity contribution is 8.18. The van der Waals surface area contributed by atoms with Crippen LogP contribution in [-0.2, 0) is 9.59 Å². The standard InChI is InChI=1S/C23H18FN3O4S/c1-31-17-10-8-15(9-11-17)26-12-4-5-16(26)13-20-22(29)27(23(30)32-20)14-21(28)25-19-7-3-2-6-18(19)24/h2-13H,14H2,1H3,(H,25,28)/b20-13+. The number of benzene rings is 2. The molecule has 0 unspecified atom stereocenters. The van der Waals surface area contributed by atoms with E-state index in [1.807, 2.05) is 47.2 Å². The van der Waals surface area contributed by atoms with Crippen molar-refractivity contribution in [1.82, 2.24) is 9.47 Å². The number of aromatic nitrogens is 1. The Hall–Kier alpha value is -3.85. The average molecular weight is 451 g/mol. The number of carbonyl (C=O) groups excluding carboxylic acids is 3. The van der Waals surface area contributed by atoms with Gasteiger partial charge in [0, 0.05) is 17.6 Å². The number of nitrogens with one attached hydrogen (secondary N) is 1. The molecule has 32 heavy (non-hydrogen) atoms. The summed E-state index contributed by atoms with van der Waals surface area (Å²) in [6.07, 6.45) is 3.43. The van der Waals surface area contributed by atoms with Crippen molar-refractivity contribution in [3.63, 3.8) is 0 Å². The third kappa shape index (κ3) is 4.42. The summed E-state index contributed by atoms with van der Waals surface area (Å²) in [4.78, 5) is 38.4. The highest BCUT2D eigenvalue weighted by Gasteiger charge is 2.36. The van der Waals surface area contributed by atoms with E-state index < -0.39 is 29.4 Å². The fourth-order valence-electron chi connectivity index (χ4n) is 3.16. The van der Waals surface area contributed by atoms with Gasteiger partial charge in [0.25, 0.3) is 11.1 Å². The van der Waals surface area contributed by atoms with Gasteiger partial charge in [0.2, 0.25) is 5.91 Å². The molecule has 3 amide bonds. The summed E-state index contributed by atoms with van der Waals surface area (Å²) >= 11 is 0.753. The Kier molecular flexibility index (Phi) is 6.09. The van der Waals surface area contributed by atoms with Gasteiger partial charge in [0.15, 0.2) is 0 Å². The molecule has 1 N–H and O–H groups in total. The van der Waals surface area contributed by atoms with Gasteiger partial charge in [0.1, 0.15) is 18.1 Å². The molecule has 1 fully saturated rings. The van der Waals surface area contributed by atoms with Crippen LogP contribution in [0.5, 0.6) is 5.75 Å². The van der Waals surface area contributed by atoms with Crippen molar-refractivity contribution in [1.29, 1.82) is 0 Å². The van der Waals surface area contributed by atoms with Crippen LogP contribution in [0.1, 0.15) is 5.69 Å². The number of hydrogen-bond donors (Lipinski definition) is 1. The second-order valence-corrected chi connectivity index (χ2v) is 7.79. The van der Waals surface area contributed by atoms with Crippen LogP contribution in [-0.4, -0.2) is 40.2 Å². The van der Waals surface area contributed by atoms with Crippen LogP contribution in [0.3, 0.4) is 0 Å². The third-order valence-corrected chi connectivity index (χ3v) is 5.64. The predicted octanol–water partition coefficient (Wildman–Crippen LogP) is 4.30. The van der Waals surface area contributed by atoms with Crippen molar-refractivity contribution >= 4 is 40.6 Å². The van der Waals surface area contributed by atoms with E-state index in [9.17, 15) is 18.8 Å². The number of anilines is 1. The highest BCUT2D eigenvalue weighted by Crippen LogP contribution is 2.32. The van der Waals surface area contributed by atoms with Gasteiger partial charge in [-0.2, -0.15) is 0 Å². The highest BCUT2D eigenvalue weighted by atomic mass is 32.2. The summed E-state index contributed by atoms with van der Waals surface area (Å²) in [6, 6.07) is 16.7. The minimum absolute atomic E-state index is 0.0164. The third-order valence-electron chi connectivity index (χ3n) is 4.73. The molecule has 4 rings (SSSR count). The molecule has 9 heteroatoms. The minimum Gasteiger partial charge on any atom is -0.497 e. The van der Waals surface area contributed by atoms with E-state index in [4.69, 9.17) is 4.74 Å². The van der Waals surface area contributed by atoms with Crippen LogP contribution in [0.4, 0.5) is 14.9 Å². The van der Waals surface area contributed by atoms with Crippen LogP contribution in [0.2, 0.25) is 0 Å². The summed E-state index contributed by atoms with van der Waals surface area (Å²) in [6.45, 7) is -0.504. The summed E-state index contributed by atoms with van der Waals surface area (Å²) in [7, 11) is 1.59. The molecule has 2 heterocycles. The van der Waals surface area contributed by atoms with E-state index in [1.54, 1.807) is 19.3 Å². The predicted molar refractivity (Wildman–Crippen MR) is 120 cm³/mol. The molecule has 0 aliphatic carbocycles. The maximum Gasteiger partial charge on any atom is 0.294 e. The van der Waals surface area contributed by atoms with Gasteiger partial charge in [-0.3, -0.25) is 19.3 Å². The second kappa shape index (κ2) is 9.11. The lowest BCUT2D eigenvalue weighted by Gasteiger charge is -2.12. The first kappa shape index (κ1) is 21.4. The van der Waals surface area contributed by atoms with Crippen molar-refractivity contribution in [3.05, 3.63) is 83.3 Å². The quantitative estimate of drug-likeness (QED) is 0.565. The first-order valence-corrected chi connectivity index (χ1v) is 10.4. The molecule has 0 bridgehead atoms. The fraction of sp³-hybridized carbons (Fsp3) is 0.0870. The van der Waals surface area contributed by atoms with Crippen LogP contribution < -0.4 is 10.1 Å². The molecule has 1 saturated heterocycles. The number of imide groups is 1. The van der Waals surface area contributed by atoms with Crippen molar-refractivity contribution in [3.8, 4) is 11.4 Å². The van der Waals surface area contributed by atoms with E-state index in [0.29, 0.717) is 5.69 Å². The zero-order valence-electron chi connectivity index (χ0n) is 16.9. The van der Waals surface area contributed by atoms with E-state index >= 15 is 0 Å². The number of methoxy groups -OCH3 is 1. The van der Waals surface area contributed by atoms with Crippen LogP contribution >= 0.6 is 11.8 Å². The molecule has 0 radical (unpaired) electrons. The van der Waals surface area contributed by atoms with E-state index in [-0.39, 0.29) is 10.6 Å². The van der Waals surface area contributed by atoms with Gasteiger partial charge in [0.05, 0.1) is 17.7 Å². The summed E-state index contributed by atoms with van der Waals surface area (Å²) in [5.74, 6) is -1.13. The van der Waals surface area contributed by atoms with Gasteiger partial charge in [-0.05, 0) is 66.4 Å². The number of rotatable bonds is 6. The molecule has 3 aromatic rings. The molecule has 1 aliphatic heterocycles. The Balaban J connectivity index is 1.50. The van der Waals surface area contributed by atoms with Gasteiger partial charge in [-0.15, -0.1) is 0 Å². The van der Waals surface area contributed by atoms with Gasteiger partial charge in [-0.1, -0.05) is 12.1 Å². The zero-order chi connectivity index (χ0) is 22.7. The van der Waals surface area contributed by atoms with E-state index in [0.717, 1.165) is 28.1 Å². The maximum absolute atomic E-state index is 13.7. The summed E-state index contributed by atoms with van der Waals surface area (Å²) in [5.41, 5.74) is 1.53. The smallest absolute Gasteiger partial charge is 0.294 e. The lowest BCUT2D eigenvalue weighted by atomic mass is 10.2. The number of halogens is 1. The maximum atomic E-state index is 13.7. The lowest BCUT2D eigenvalue weighted by molar-refractivity contribution is -0.127. The van der Waals surface area contributed by atoms with Crippen LogP contribution in [0.25, 0.3) is 11.8 Å². The molecular formula is C23H18FN3O4S. The largest absolute Gasteiger partial charge is 0.497 e. The Morgan fingerprint density at radius 3 is 2.56 bits per heavy atom. The normalized spacial score (nSPS) is 14.8. The molecule has 0 spiro atoms. The SMILES string of the molecule is COc1ccc(-n2cccc2/C=C2/SC(=O)N(CC(=O)Nc3ccccc3F)C2=O)cc1. The van der Waals surface area contributed by atoms with Crippen LogP contribution in [0.15, 0.2) is 71.8 Å². The molecule has 162 valence electrons.